The van der Waals surface area contributed by atoms with Crippen molar-refractivity contribution in [3.05, 3.63) is 54.3 Å². The number of ether oxygens (including phenoxy) is 1. The quantitative estimate of drug-likeness (QED) is 0.633. The fourth-order valence-electron chi connectivity index (χ4n) is 3.64. The number of benzene rings is 2. The Morgan fingerprint density at radius 3 is 2.16 bits per heavy atom. The maximum atomic E-state index is 13.4. The standard InChI is InChI=1S/C22H25FN2O5S/c1-5-30-17-10-8-16(9-11-17)24-20(26)14-19(21(24)27)25(22(2,3)4)31(28,29)18-12-6-15(23)7-13-18/h6-13,19H,5,14H2,1-4H3. The summed E-state index contributed by atoms with van der Waals surface area (Å²) in [5, 5.41) is 0. The molecular weight excluding hydrogens is 423 g/mol. The smallest absolute Gasteiger partial charge is 0.252 e. The van der Waals surface area contributed by atoms with Crippen molar-refractivity contribution < 1.29 is 27.1 Å². The van der Waals surface area contributed by atoms with Gasteiger partial charge in [-0.05, 0) is 76.2 Å². The molecule has 9 heteroatoms. The fraction of sp³-hybridized carbons (Fsp3) is 0.364. The number of nitrogens with zero attached hydrogens (tertiary/aromatic N) is 2. The topological polar surface area (TPSA) is 84.0 Å². The molecule has 1 fully saturated rings. The molecule has 7 nitrogen and oxygen atoms in total. The van der Waals surface area contributed by atoms with Gasteiger partial charge in [0.15, 0.2) is 0 Å². The van der Waals surface area contributed by atoms with Crippen molar-refractivity contribution in [1.29, 1.82) is 0 Å². The van der Waals surface area contributed by atoms with Crippen molar-refractivity contribution in [1.82, 2.24) is 4.31 Å². The van der Waals surface area contributed by atoms with Crippen LogP contribution in [0.3, 0.4) is 0 Å². The van der Waals surface area contributed by atoms with Gasteiger partial charge in [0.05, 0.1) is 23.6 Å². The molecule has 1 unspecified atom stereocenters. The first-order chi connectivity index (χ1) is 14.5. The largest absolute Gasteiger partial charge is 0.494 e. The molecule has 0 bridgehead atoms. The minimum atomic E-state index is -4.19. The molecule has 0 N–H and O–H groups in total. The Balaban J connectivity index is 1.99. The Labute approximate surface area is 181 Å². The molecule has 0 aliphatic carbocycles. The molecule has 0 saturated carbocycles. The maximum Gasteiger partial charge on any atom is 0.252 e. The van der Waals surface area contributed by atoms with Gasteiger partial charge in [-0.2, -0.15) is 4.31 Å². The van der Waals surface area contributed by atoms with E-state index in [1.54, 1.807) is 45.0 Å². The zero-order valence-corrected chi connectivity index (χ0v) is 18.6. The summed E-state index contributed by atoms with van der Waals surface area (Å²) >= 11 is 0. The van der Waals surface area contributed by atoms with Gasteiger partial charge in [-0.15, -0.1) is 0 Å². The summed E-state index contributed by atoms with van der Waals surface area (Å²) in [6.45, 7) is 7.25. The summed E-state index contributed by atoms with van der Waals surface area (Å²) in [5.41, 5.74) is -0.670. The number of rotatable bonds is 6. The summed E-state index contributed by atoms with van der Waals surface area (Å²) < 4.78 is 46.5. The molecule has 2 aromatic carbocycles. The molecule has 0 aromatic heterocycles. The number of anilines is 1. The van der Waals surface area contributed by atoms with Gasteiger partial charge in [-0.1, -0.05) is 0 Å². The summed E-state index contributed by atoms with van der Waals surface area (Å²) in [6, 6.07) is 9.62. The lowest BCUT2D eigenvalue weighted by Crippen LogP contribution is -2.54. The van der Waals surface area contributed by atoms with E-state index in [0.717, 1.165) is 33.5 Å². The molecule has 31 heavy (non-hydrogen) atoms. The highest BCUT2D eigenvalue weighted by Crippen LogP contribution is 2.34. The van der Waals surface area contributed by atoms with Gasteiger partial charge in [-0.25, -0.2) is 17.7 Å². The van der Waals surface area contributed by atoms with Crippen LogP contribution < -0.4 is 9.64 Å². The lowest BCUT2D eigenvalue weighted by molar-refractivity contribution is -0.122. The first kappa shape index (κ1) is 22.9. The molecular formula is C22H25FN2O5S. The number of sulfonamides is 1. The van der Waals surface area contributed by atoms with Crippen LogP contribution in [-0.4, -0.2) is 42.7 Å². The van der Waals surface area contributed by atoms with Gasteiger partial charge in [-0.3, -0.25) is 9.59 Å². The van der Waals surface area contributed by atoms with Crippen molar-refractivity contribution in [2.75, 3.05) is 11.5 Å². The number of hydrogen-bond donors (Lipinski definition) is 0. The van der Waals surface area contributed by atoms with Gasteiger partial charge in [0.1, 0.15) is 17.6 Å². The van der Waals surface area contributed by atoms with Gasteiger partial charge in [0.25, 0.3) is 5.91 Å². The van der Waals surface area contributed by atoms with Crippen molar-refractivity contribution in [2.24, 2.45) is 0 Å². The average molecular weight is 449 g/mol. The number of hydrogen-bond acceptors (Lipinski definition) is 5. The second kappa shape index (κ2) is 8.39. The van der Waals surface area contributed by atoms with E-state index in [1.807, 2.05) is 6.92 Å². The SMILES string of the molecule is CCOc1ccc(N2C(=O)CC(N(C(C)(C)C)S(=O)(=O)c3ccc(F)cc3)C2=O)cc1. The molecule has 3 rings (SSSR count). The third-order valence-electron chi connectivity index (χ3n) is 4.84. The van der Waals surface area contributed by atoms with E-state index in [1.165, 1.54) is 0 Å². The molecule has 1 aliphatic heterocycles. The van der Waals surface area contributed by atoms with Gasteiger partial charge in [0.2, 0.25) is 15.9 Å². The highest BCUT2D eigenvalue weighted by Gasteiger charge is 2.50. The number of amides is 2. The molecule has 1 atom stereocenters. The van der Waals surface area contributed by atoms with E-state index >= 15 is 0 Å². The summed E-state index contributed by atoms with van der Waals surface area (Å²) in [6.07, 6.45) is -0.288. The molecule has 1 heterocycles. The zero-order chi connectivity index (χ0) is 23.0. The van der Waals surface area contributed by atoms with E-state index in [0.29, 0.717) is 18.0 Å². The number of imide groups is 1. The van der Waals surface area contributed by atoms with Crippen LogP contribution in [0, 0.1) is 5.82 Å². The molecule has 2 amide bonds. The van der Waals surface area contributed by atoms with Crippen LogP contribution in [0.4, 0.5) is 10.1 Å². The third-order valence-corrected chi connectivity index (χ3v) is 7.03. The molecule has 0 spiro atoms. The average Bonchev–Trinajstić information content (AvgIpc) is 2.95. The van der Waals surface area contributed by atoms with Crippen molar-refractivity contribution in [3.8, 4) is 5.75 Å². The summed E-state index contributed by atoms with van der Waals surface area (Å²) in [4.78, 5) is 26.9. The normalized spacial score (nSPS) is 17.5. The Kier molecular flexibility index (Phi) is 6.20. The van der Waals surface area contributed by atoms with Crippen LogP contribution in [0.15, 0.2) is 53.4 Å². The first-order valence-corrected chi connectivity index (χ1v) is 11.3. The number of carbonyl (C=O) groups is 2. The third kappa shape index (κ3) is 4.47. The maximum absolute atomic E-state index is 13.4. The second-order valence-electron chi connectivity index (χ2n) is 8.14. The Hall–Kier alpha value is -2.78. The fourth-order valence-corrected chi connectivity index (χ4v) is 5.57. The highest BCUT2D eigenvalue weighted by molar-refractivity contribution is 7.89. The Bertz CT molecular complexity index is 1080. The minimum absolute atomic E-state index is 0.149. The zero-order valence-electron chi connectivity index (χ0n) is 17.8. The van der Waals surface area contributed by atoms with E-state index in [4.69, 9.17) is 4.74 Å². The second-order valence-corrected chi connectivity index (χ2v) is 9.95. The predicted octanol–water partition coefficient (Wildman–Crippen LogP) is 3.35. The predicted molar refractivity (Wildman–Crippen MR) is 114 cm³/mol. The molecule has 2 aromatic rings. The van der Waals surface area contributed by atoms with Crippen molar-refractivity contribution >= 4 is 27.5 Å². The Morgan fingerprint density at radius 2 is 1.65 bits per heavy atom. The van der Waals surface area contributed by atoms with Crippen LogP contribution >= 0.6 is 0 Å². The van der Waals surface area contributed by atoms with E-state index in [9.17, 15) is 22.4 Å². The molecule has 166 valence electrons. The Morgan fingerprint density at radius 1 is 1.06 bits per heavy atom. The van der Waals surface area contributed by atoms with E-state index in [2.05, 4.69) is 0 Å². The number of halogens is 1. The van der Waals surface area contributed by atoms with Crippen LogP contribution in [0.5, 0.6) is 5.75 Å². The van der Waals surface area contributed by atoms with Gasteiger partial charge >= 0.3 is 0 Å². The van der Waals surface area contributed by atoms with E-state index < -0.39 is 39.2 Å². The van der Waals surface area contributed by atoms with Crippen molar-refractivity contribution in [2.45, 2.75) is 50.6 Å². The van der Waals surface area contributed by atoms with Crippen LogP contribution in [-0.2, 0) is 19.6 Å². The molecule has 0 radical (unpaired) electrons. The lowest BCUT2D eigenvalue weighted by atomic mass is 10.1. The summed E-state index contributed by atoms with van der Waals surface area (Å²) in [7, 11) is -4.19. The van der Waals surface area contributed by atoms with Crippen LogP contribution in [0.2, 0.25) is 0 Å². The number of carbonyl (C=O) groups excluding carboxylic acids is 2. The van der Waals surface area contributed by atoms with Gasteiger partial charge < -0.3 is 4.74 Å². The van der Waals surface area contributed by atoms with Crippen LogP contribution in [0.25, 0.3) is 0 Å². The highest BCUT2D eigenvalue weighted by atomic mass is 32.2. The van der Waals surface area contributed by atoms with Gasteiger partial charge in [0, 0.05) is 5.54 Å². The summed E-state index contributed by atoms with van der Waals surface area (Å²) in [5.74, 6) is -1.11. The monoisotopic (exact) mass is 448 g/mol. The van der Waals surface area contributed by atoms with E-state index in [-0.39, 0.29) is 11.3 Å². The lowest BCUT2D eigenvalue weighted by Gasteiger charge is -2.37. The molecule has 1 saturated heterocycles. The molecule has 1 aliphatic rings. The van der Waals surface area contributed by atoms with Crippen molar-refractivity contribution in [3.63, 3.8) is 0 Å². The first-order valence-electron chi connectivity index (χ1n) is 9.86. The van der Waals surface area contributed by atoms with Crippen LogP contribution in [0.1, 0.15) is 34.1 Å². The minimum Gasteiger partial charge on any atom is -0.494 e.